The van der Waals surface area contributed by atoms with Crippen molar-refractivity contribution in [1.82, 2.24) is 0 Å². The molecule has 0 amide bonds. The van der Waals surface area contributed by atoms with Crippen molar-refractivity contribution in [3.05, 3.63) is 34.9 Å². The maximum Gasteiger partial charge on any atom is 0.309 e. The van der Waals surface area contributed by atoms with E-state index in [4.69, 9.17) is 0 Å². The van der Waals surface area contributed by atoms with E-state index in [-0.39, 0.29) is 10.8 Å². The van der Waals surface area contributed by atoms with Crippen LogP contribution in [0.5, 0.6) is 0 Å². The Balaban J connectivity index is 1.30. The molecule has 0 spiro atoms. The first kappa shape index (κ1) is 21.9. The number of aliphatic carboxylic acids is 2. The average molecular weight is 401 g/mol. The van der Waals surface area contributed by atoms with Gasteiger partial charge in [-0.2, -0.15) is 0 Å². The van der Waals surface area contributed by atoms with Crippen LogP contribution in [-0.2, 0) is 22.4 Å². The highest BCUT2D eigenvalue weighted by atomic mass is 16.4. The summed E-state index contributed by atoms with van der Waals surface area (Å²) in [6.45, 7) is 2.19. The molecule has 29 heavy (non-hydrogen) atoms. The number of hydrogen-bond donors (Lipinski definition) is 2. The van der Waals surface area contributed by atoms with Gasteiger partial charge in [0, 0.05) is 0 Å². The average Bonchev–Trinajstić information content (AvgIpc) is 3.58. The van der Waals surface area contributed by atoms with Gasteiger partial charge < -0.3 is 10.2 Å². The van der Waals surface area contributed by atoms with Gasteiger partial charge in [-0.3, -0.25) is 9.59 Å². The molecule has 0 bridgehead atoms. The number of aryl methyl sites for hydroxylation is 3. The molecule has 1 aromatic rings. The zero-order valence-corrected chi connectivity index (χ0v) is 17.8. The lowest BCUT2D eigenvalue weighted by atomic mass is 9.94. The first-order valence-electron chi connectivity index (χ1n) is 11.4. The summed E-state index contributed by atoms with van der Waals surface area (Å²) in [7, 11) is 0. The SMILES string of the molecule is Cc1cc(CCCCCC2(C(=O)O)CC2)ccc1CCCCCC1(C(=O)O)CC1. The fourth-order valence-electron chi connectivity index (χ4n) is 4.56. The second-order valence-corrected chi connectivity index (χ2v) is 9.55. The van der Waals surface area contributed by atoms with Gasteiger partial charge in [-0.15, -0.1) is 0 Å². The molecule has 0 aromatic heterocycles. The third-order valence-corrected chi connectivity index (χ3v) is 7.24. The summed E-state index contributed by atoms with van der Waals surface area (Å²) in [5.74, 6) is -1.20. The van der Waals surface area contributed by atoms with Crippen molar-refractivity contribution >= 4 is 11.9 Å². The van der Waals surface area contributed by atoms with E-state index in [1.165, 1.54) is 16.7 Å². The van der Waals surface area contributed by atoms with E-state index in [1.54, 1.807) is 0 Å². The highest BCUT2D eigenvalue weighted by Crippen LogP contribution is 2.50. The molecule has 4 heteroatoms. The number of rotatable bonds is 14. The first-order valence-corrected chi connectivity index (χ1v) is 11.4. The molecule has 1 aromatic carbocycles. The Morgan fingerprint density at radius 1 is 0.793 bits per heavy atom. The van der Waals surface area contributed by atoms with Gasteiger partial charge in [0.15, 0.2) is 0 Å². The Morgan fingerprint density at radius 3 is 1.76 bits per heavy atom. The van der Waals surface area contributed by atoms with Crippen LogP contribution in [-0.4, -0.2) is 22.2 Å². The lowest BCUT2D eigenvalue weighted by Crippen LogP contribution is -2.14. The van der Waals surface area contributed by atoms with E-state index < -0.39 is 11.9 Å². The third-order valence-electron chi connectivity index (χ3n) is 7.24. The monoisotopic (exact) mass is 400 g/mol. The predicted molar refractivity (Wildman–Crippen MR) is 114 cm³/mol. The minimum absolute atomic E-state index is 0.370. The van der Waals surface area contributed by atoms with Gasteiger partial charge in [-0.1, -0.05) is 43.9 Å². The van der Waals surface area contributed by atoms with Gasteiger partial charge in [0.1, 0.15) is 0 Å². The Kier molecular flexibility index (Phi) is 7.02. The van der Waals surface area contributed by atoms with Crippen LogP contribution in [0.15, 0.2) is 18.2 Å². The van der Waals surface area contributed by atoms with Crippen LogP contribution in [0.1, 0.15) is 93.7 Å². The molecule has 4 nitrogen and oxygen atoms in total. The largest absolute Gasteiger partial charge is 0.481 e. The summed E-state index contributed by atoms with van der Waals surface area (Å²) in [4.78, 5) is 22.4. The normalized spacial score (nSPS) is 18.4. The molecule has 3 rings (SSSR count). The number of benzene rings is 1. The quantitative estimate of drug-likeness (QED) is 0.380. The van der Waals surface area contributed by atoms with Crippen LogP contribution in [0.25, 0.3) is 0 Å². The third kappa shape index (κ3) is 5.83. The standard InChI is InChI=1S/C25H36O4/c1-19-18-20(8-4-2-6-12-24(14-15-24)22(26)27)10-11-21(19)9-5-3-7-13-25(16-17-25)23(28)29/h10-11,18H,2-9,12-17H2,1H3,(H,26,27)(H,28,29). The van der Waals surface area contributed by atoms with Crippen molar-refractivity contribution in [3.63, 3.8) is 0 Å². The van der Waals surface area contributed by atoms with Crippen molar-refractivity contribution in [2.45, 2.75) is 96.8 Å². The van der Waals surface area contributed by atoms with Gasteiger partial charge in [-0.05, 0) is 87.8 Å². The molecular weight excluding hydrogens is 364 g/mol. The molecule has 2 aliphatic rings. The minimum atomic E-state index is -0.599. The molecule has 2 N–H and O–H groups in total. The second-order valence-electron chi connectivity index (χ2n) is 9.55. The smallest absolute Gasteiger partial charge is 0.309 e. The Bertz CT molecular complexity index is 728. The number of carboxylic acid groups (broad SMARTS) is 2. The molecule has 160 valence electrons. The second kappa shape index (κ2) is 9.32. The Hall–Kier alpha value is -1.84. The maximum atomic E-state index is 11.2. The zero-order chi connectivity index (χ0) is 20.9. The summed E-state index contributed by atoms with van der Waals surface area (Å²) < 4.78 is 0. The van der Waals surface area contributed by atoms with Crippen LogP contribution < -0.4 is 0 Å². The van der Waals surface area contributed by atoms with Gasteiger partial charge in [0.05, 0.1) is 10.8 Å². The number of carboxylic acids is 2. The van der Waals surface area contributed by atoms with Crippen molar-refractivity contribution in [2.75, 3.05) is 0 Å². The van der Waals surface area contributed by atoms with Crippen molar-refractivity contribution in [1.29, 1.82) is 0 Å². The summed E-state index contributed by atoms with van der Waals surface area (Å²) in [5.41, 5.74) is 3.40. The lowest BCUT2D eigenvalue weighted by Gasteiger charge is -2.11. The van der Waals surface area contributed by atoms with E-state index in [0.29, 0.717) is 0 Å². The molecular formula is C25H36O4. The fraction of sp³-hybridized carbons (Fsp3) is 0.680. The minimum Gasteiger partial charge on any atom is -0.481 e. The van der Waals surface area contributed by atoms with Crippen LogP contribution in [0.2, 0.25) is 0 Å². The maximum absolute atomic E-state index is 11.2. The zero-order valence-electron chi connectivity index (χ0n) is 17.8. The van der Waals surface area contributed by atoms with Gasteiger partial charge in [-0.25, -0.2) is 0 Å². The molecule has 2 fully saturated rings. The topological polar surface area (TPSA) is 74.6 Å². The van der Waals surface area contributed by atoms with Gasteiger partial charge >= 0.3 is 11.9 Å². The van der Waals surface area contributed by atoms with Crippen LogP contribution in [0, 0.1) is 17.8 Å². The van der Waals surface area contributed by atoms with E-state index in [1.807, 2.05) is 0 Å². The number of unbranched alkanes of at least 4 members (excludes halogenated alkanes) is 4. The summed E-state index contributed by atoms with van der Waals surface area (Å²) in [6.07, 6.45) is 13.8. The molecule has 2 saturated carbocycles. The molecule has 0 saturated heterocycles. The van der Waals surface area contributed by atoms with E-state index in [9.17, 15) is 19.8 Å². The van der Waals surface area contributed by atoms with E-state index in [0.717, 1.165) is 89.9 Å². The molecule has 0 radical (unpaired) electrons. The molecule has 2 aliphatic carbocycles. The number of carbonyl (C=O) groups is 2. The number of hydrogen-bond acceptors (Lipinski definition) is 2. The molecule has 0 atom stereocenters. The van der Waals surface area contributed by atoms with Gasteiger partial charge in [0.2, 0.25) is 0 Å². The fourth-order valence-corrected chi connectivity index (χ4v) is 4.56. The van der Waals surface area contributed by atoms with Gasteiger partial charge in [0.25, 0.3) is 0 Å². The van der Waals surface area contributed by atoms with E-state index in [2.05, 4.69) is 25.1 Å². The summed E-state index contributed by atoms with van der Waals surface area (Å²) >= 11 is 0. The first-order chi connectivity index (χ1) is 13.9. The summed E-state index contributed by atoms with van der Waals surface area (Å²) in [6, 6.07) is 6.80. The van der Waals surface area contributed by atoms with Crippen molar-refractivity contribution < 1.29 is 19.8 Å². The highest BCUT2D eigenvalue weighted by Gasteiger charge is 2.49. The highest BCUT2D eigenvalue weighted by molar-refractivity contribution is 5.78. The molecule has 0 aliphatic heterocycles. The van der Waals surface area contributed by atoms with Crippen LogP contribution in [0.3, 0.4) is 0 Å². The predicted octanol–water partition coefficient (Wildman–Crippen LogP) is 5.93. The molecule has 0 unspecified atom stereocenters. The van der Waals surface area contributed by atoms with Crippen molar-refractivity contribution in [3.8, 4) is 0 Å². The lowest BCUT2D eigenvalue weighted by molar-refractivity contribution is -0.144. The summed E-state index contributed by atoms with van der Waals surface area (Å²) in [5, 5.41) is 18.5. The van der Waals surface area contributed by atoms with E-state index >= 15 is 0 Å². The van der Waals surface area contributed by atoms with Crippen LogP contribution >= 0.6 is 0 Å². The van der Waals surface area contributed by atoms with Crippen molar-refractivity contribution in [2.24, 2.45) is 10.8 Å². The van der Waals surface area contributed by atoms with Crippen LogP contribution in [0.4, 0.5) is 0 Å². The Morgan fingerprint density at radius 2 is 1.31 bits per heavy atom. The molecule has 0 heterocycles. The Labute approximate surface area is 174 Å².